The normalized spacial score (nSPS) is 9.57. The second-order valence-corrected chi connectivity index (χ2v) is 4.21. The summed E-state index contributed by atoms with van der Waals surface area (Å²) in [7, 11) is 0. The quantitative estimate of drug-likeness (QED) is 0.497. The number of aromatic hydroxyl groups is 2. The lowest BCUT2D eigenvalue weighted by atomic mass is 10.1. The van der Waals surface area contributed by atoms with Gasteiger partial charge in [0, 0.05) is 11.3 Å². The topological polar surface area (TPSA) is 95.6 Å². The lowest BCUT2D eigenvalue weighted by Gasteiger charge is -2.07. The van der Waals surface area contributed by atoms with Gasteiger partial charge in [0.25, 0.3) is 5.91 Å². The predicted octanol–water partition coefficient (Wildman–Crippen LogP) is 1.66. The van der Waals surface area contributed by atoms with E-state index in [1.54, 1.807) is 24.3 Å². The van der Waals surface area contributed by atoms with E-state index in [9.17, 15) is 15.0 Å². The number of anilines is 1. The maximum atomic E-state index is 12.0. The van der Waals surface area contributed by atoms with Gasteiger partial charge in [-0.2, -0.15) is 0 Å². The Kier molecular flexibility index (Phi) is 4.44. The van der Waals surface area contributed by atoms with Crippen LogP contribution in [-0.4, -0.2) is 22.7 Å². The van der Waals surface area contributed by atoms with E-state index in [1.807, 2.05) is 0 Å². The molecule has 1 amide bonds. The summed E-state index contributed by atoms with van der Waals surface area (Å²) in [5.74, 6) is 4.31. The van der Waals surface area contributed by atoms with E-state index >= 15 is 0 Å². The molecule has 2 rings (SSSR count). The number of hydrogen-bond donors (Lipinski definition) is 4. The molecule has 0 heterocycles. The third-order valence-electron chi connectivity index (χ3n) is 2.74. The van der Waals surface area contributed by atoms with Gasteiger partial charge in [-0.25, -0.2) is 0 Å². The molecular formula is C16H14N2O3. The zero-order valence-corrected chi connectivity index (χ0v) is 11.1. The van der Waals surface area contributed by atoms with E-state index in [2.05, 4.69) is 17.2 Å². The van der Waals surface area contributed by atoms with Gasteiger partial charge >= 0.3 is 0 Å². The summed E-state index contributed by atoms with van der Waals surface area (Å²) in [6.07, 6.45) is 0. The van der Waals surface area contributed by atoms with Gasteiger partial charge in [-0.3, -0.25) is 4.79 Å². The maximum Gasteiger partial charge on any atom is 0.259 e. The average molecular weight is 282 g/mol. The van der Waals surface area contributed by atoms with Crippen LogP contribution >= 0.6 is 0 Å². The van der Waals surface area contributed by atoms with Gasteiger partial charge < -0.3 is 21.3 Å². The summed E-state index contributed by atoms with van der Waals surface area (Å²) in [6, 6.07) is 11.1. The van der Waals surface area contributed by atoms with Crippen molar-refractivity contribution in [3.8, 4) is 23.3 Å². The van der Waals surface area contributed by atoms with E-state index in [4.69, 9.17) is 5.73 Å². The molecule has 0 saturated carbocycles. The molecule has 0 aromatic heterocycles. The first-order valence-corrected chi connectivity index (χ1v) is 6.23. The lowest BCUT2D eigenvalue weighted by Crippen LogP contribution is -2.11. The Balaban J connectivity index is 2.14. The first-order valence-electron chi connectivity index (χ1n) is 6.23. The first kappa shape index (κ1) is 14.4. The number of carbonyl (C=O) groups excluding carboxylic acids is 1. The van der Waals surface area contributed by atoms with Crippen LogP contribution in [0.25, 0.3) is 0 Å². The number of rotatable bonds is 2. The smallest absolute Gasteiger partial charge is 0.259 e. The molecule has 0 radical (unpaired) electrons. The number of benzene rings is 2. The number of phenols is 2. The largest absolute Gasteiger partial charge is 0.504 e. The molecular weight excluding hydrogens is 268 g/mol. The van der Waals surface area contributed by atoms with Crippen molar-refractivity contribution in [2.75, 3.05) is 11.9 Å². The molecule has 0 bridgehead atoms. The fourth-order valence-corrected chi connectivity index (χ4v) is 1.70. The minimum absolute atomic E-state index is 0.00185. The molecule has 0 atom stereocenters. The van der Waals surface area contributed by atoms with Gasteiger partial charge in [0.05, 0.1) is 12.1 Å². The summed E-state index contributed by atoms with van der Waals surface area (Å²) in [5.41, 5.74) is 6.64. The molecule has 0 saturated heterocycles. The second-order valence-electron chi connectivity index (χ2n) is 4.21. The van der Waals surface area contributed by atoms with Crippen LogP contribution in [0.3, 0.4) is 0 Å². The van der Waals surface area contributed by atoms with Crippen LogP contribution in [0.2, 0.25) is 0 Å². The van der Waals surface area contributed by atoms with Crippen LogP contribution in [0.1, 0.15) is 15.9 Å². The monoisotopic (exact) mass is 282 g/mol. The Labute approximate surface area is 122 Å². The predicted molar refractivity (Wildman–Crippen MR) is 80.1 cm³/mol. The molecule has 5 heteroatoms. The highest BCUT2D eigenvalue weighted by Gasteiger charge is 2.13. The SMILES string of the molecule is NCC#Cc1ccc(NC(=O)c2cccc(O)c2O)cc1. The van der Waals surface area contributed by atoms with Crippen molar-refractivity contribution in [3.63, 3.8) is 0 Å². The van der Waals surface area contributed by atoms with Crippen LogP contribution < -0.4 is 11.1 Å². The zero-order chi connectivity index (χ0) is 15.2. The van der Waals surface area contributed by atoms with Crippen molar-refractivity contribution in [1.29, 1.82) is 0 Å². The Morgan fingerprint density at radius 2 is 1.86 bits per heavy atom. The number of nitrogens with one attached hydrogen (secondary N) is 1. The molecule has 0 unspecified atom stereocenters. The van der Waals surface area contributed by atoms with Gasteiger partial charge in [0.1, 0.15) is 0 Å². The highest BCUT2D eigenvalue weighted by atomic mass is 16.3. The Morgan fingerprint density at radius 1 is 1.14 bits per heavy atom. The standard InChI is InChI=1S/C16H14N2O3/c17-10-2-3-11-6-8-12(9-7-11)18-16(21)13-4-1-5-14(19)15(13)20/h1,4-9,19-20H,10,17H2,(H,18,21). The van der Waals surface area contributed by atoms with Crippen LogP contribution in [0.15, 0.2) is 42.5 Å². The average Bonchev–Trinajstić information content (AvgIpc) is 2.49. The van der Waals surface area contributed by atoms with Crippen LogP contribution in [0.5, 0.6) is 11.5 Å². The summed E-state index contributed by atoms with van der Waals surface area (Å²) >= 11 is 0. The molecule has 0 fully saturated rings. The minimum Gasteiger partial charge on any atom is -0.504 e. The van der Waals surface area contributed by atoms with Gasteiger partial charge in [0.2, 0.25) is 0 Å². The summed E-state index contributed by atoms with van der Waals surface area (Å²) in [5, 5.41) is 21.7. The Morgan fingerprint density at radius 3 is 2.52 bits per heavy atom. The Hall–Kier alpha value is -2.97. The van der Waals surface area contributed by atoms with Crippen molar-refractivity contribution in [2.45, 2.75) is 0 Å². The highest BCUT2D eigenvalue weighted by Crippen LogP contribution is 2.28. The van der Waals surface area contributed by atoms with Gasteiger partial charge in [0.15, 0.2) is 11.5 Å². The summed E-state index contributed by atoms with van der Waals surface area (Å²) in [6.45, 7) is 0.287. The molecule has 0 aliphatic rings. The fraction of sp³-hybridized carbons (Fsp3) is 0.0625. The van der Waals surface area contributed by atoms with E-state index < -0.39 is 11.7 Å². The third-order valence-corrected chi connectivity index (χ3v) is 2.74. The van der Waals surface area contributed by atoms with Gasteiger partial charge in [-0.05, 0) is 36.4 Å². The molecule has 2 aromatic carbocycles. The molecule has 5 N–H and O–H groups in total. The van der Waals surface area contributed by atoms with Crippen LogP contribution in [0.4, 0.5) is 5.69 Å². The molecule has 2 aromatic rings. The number of nitrogens with two attached hydrogens (primary N) is 1. The number of hydrogen-bond acceptors (Lipinski definition) is 4. The molecule has 21 heavy (non-hydrogen) atoms. The first-order chi connectivity index (χ1) is 10.1. The fourth-order valence-electron chi connectivity index (χ4n) is 1.70. The minimum atomic E-state index is -0.510. The lowest BCUT2D eigenvalue weighted by molar-refractivity contribution is 0.102. The van der Waals surface area contributed by atoms with E-state index in [0.717, 1.165) is 5.56 Å². The van der Waals surface area contributed by atoms with Gasteiger partial charge in [-0.1, -0.05) is 17.9 Å². The molecule has 5 nitrogen and oxygen atoms in total. The number of carbonyl (C=O) groups is 1. The van der Waals surface area contributed by atoms with Crippen molar-refractivity contribution >= 4 is 11.6 Å². The van der Waals surface area contributed by atoms with E-state index in [1.165, 1.54) is 18.2 Å². The second kappa shape index (κ2) is 6.46. The van der Waals surface area contributed by atoms with Crippen LogP contribution in [-0.2, 0) is 0 Å². The van der Waals surface area contributed by atoms with Crippen molar-refractivity contribution in [3.05, 3.63) is 53.6 Å². The summed E-state index contributed by atoms with van der Waals surface area (Å²) < 4.78 is 0. The molecule has 106 valence electrons. The maximum absolute atomic E-state index is 12.0. The summed E-state index contributed by atoms with van der Waals surface area (Å²) in [4.78, 5) is 12.0. The van der Waals surface area contributed by atoms with Crippen molar-refractivity contribution < 1.29 is 15.0 Å². The molecule has 0 aliphatic carbocycles. The van der Waals surface area contributed by atoms with E-state index in [-0.39, 0.29) is 17.9 Å². The Bertz CT molecular complexity index is 713. The molecule has 0 spiro atoms. The number of amides is 1. The van der Waals surface area contributed by atoms with Crippen molar-refractivity contribution in [1.82, 2.24) is 0 Å². The van der Waals surface area contributed by atoms with Gasteiger partial charge in [-0.15, -0.1) is 0 Å². The van der Waals surface area contributed by atoms with Crippen LogP contribution in [0, 0.1) is 11.8 Å². The molecule has 0 aliphatic heterocycles. The zero-order valence-electron chi connectivity index (χ0n) is 11.1. The number of para-hydroxylation sites is 1. The van der Waals surface area contributed by atoms with E-state index in [0.29, 0.717) is 5.69 Å². The third kappa shape index (κ3) is 3.53. The number of phenolic OH excluding ortho intramolecular Hbond substituents is 2. The van der Waals surface area contributed by atoms with Crippen molar-refractivity contribution in [2.24, 2.45) is 5.73 Å². The highest BCUT2D eigenvalue weighted by molar-refractivity contribution is 6.06.